The summed E-state index contributed by atoms with van der Waals surface area (Å²) in [7, 11) is 0. The largest absolute Gasteiger partial charge is 0.464 e. The standard InChI is InChI=1S/C22H25ClN2O3/c1-5-25(6-2)22(4,21(26)27-7-3)16-10-13-19-18(14-16)24-20(28-19)15-8-11-17(23)12-9-15/h8-14H,5-7H2,1-4H3. The molecule has 2 aromatic carbocycles. The molecule has 0 radical (unpaired) electrons. The number of fused-ring (bicyclic) bond motifs is 1. The van der Waals surface area contributed by atoms with Gasteiger partial charge in [-0.05, 0) is 68.9 Å². The lowest BCUT2D eigenvalue weighted by Crippen LogP contribution is -2.50. The van der Waals surface area contributed by atoms with E-state index in [0.29, 0.717) is 28.6 Å². The minimum absolute atomic E-state index is 0.264. The Balaban J connectivity index is 2.07. The number of halogens is 1. The molecule has 148 valence electrons. The molecule has 0 aliphatic rings. The molecular weight excluding hydrogens is 376 g/mol. The summed E-state index contributed by atoms with van der Waals surface area (Å²) in [6, 6.07) is 13.0. The van der Waals surface area contributed by atoms with Crippen LogP contribution in [0, 0.1) is 0 Å². The van der Waals surface area contributed by atoms with Gasteiger partial charge in [-0.1, -0.05) is 31.5 Å². The zero-order valence-corrected chi connectivity index (χ0v) is 17.4. The Morgan fingerprint density at radius 3 is 2.43 bits per heavy atom. The number of hydrogen-bond donors (Lipinski definition) is 0. The van der Waals surface area contributed by atoms with Crippen molar-refractivity contribution in [1.29, 1.82) is 0 Å². The second-order valence-electron chi connectivity index (χ2n) is 6.67. The topological polar surface area (TPSA) is 55.6 Å². The zero-order chi connectivity index (χ0) is 20.3. The molecule has 1 aromatic heterocycles. The lowest BCUT2D eigenvalue weighted by molar-refractivity contribution is -0.157. The summed E-state index contributed by atoms with van der Waals surface area (Å²) in [5.41, 5.74) is 2.15. The van der Waals surface area contributed by atoms with Crippen LogP contribution in [0.1, 0.15) is 33.3 Å². The second-order valence-corrected chi connectivity index (χ2v) is 7.11. The summed E-state index contributed by atoms with van der Waals surface area (Å²) in [5, 5.41) is 0.659. The molecule has 0 fully saturated rings. The summed E-state index contributed by atoms with van der Waals surface area (Å²) in [6.45, 7) is 9.57. The number of ether oxygens (including phenoxy) is 1. The molecule has 1 unspecified atom stereocenters. The number of likely N-dealkylation sites (N-methyl/N-ethyl adjacent to an activating group) is 1. The number of benzene rings is 2. The number of oxazole rings is 1. The Morgan fingerprint density at radius 2 is 1.82 bits per heavy atom. The van der Waals surface area contributed by atoms with Crippen molar-refractivity contribution in [3.8, 4) is 11.5 Å². The fourth-order valence-electron chi connectivity index (χ4n) is 3.50. The monoisotopic (exact) mass is 400 g/mol. The number of rotatable bonds is 7. The number of nitrogens with zero attached hydrogens (tertiary/aromatic N) is 2. The number of carbonyl (C=O) groups excluding carboxylic acids is 1. The van der Waals surface area contributed by atoms with Crippen LogP contribution < -0.4 is 0 Å². The van der Waals surface area contributed by atoms with Crippen LogP contribution in [-0.4, -0.2) is 35.5 Å². The van der Waals surface area contributed by atoms with E-state index in [1.54, 1.807) is 12.1 Å². The minimum atomic E-state index is -0.896. The van der Waals surface area contributed by atoms with Crippen LogP contribution in [0.3, 0.4) is 0 Å². The van der Waals surface area contributed by atoms with Gasteiger partial charge in [0.1, 0.15) is 11.1 Å². The summed E-state index contributed by atoms with van der Waals surface area (Å²) in [5.74, 6) is 0.254. The molecule has 3 aromatic rings. The van der Waals surface area contributed by atoms with Crippen LogP contribution in [0.4, 0.5) is 0 Å². The molecule has 1 atom stereocenters. The molecule has 0 N–H and O–H groups in total. The first-order chi connectivity index (χ1) is 13.4. The van der Waals surface area contributed by atoms with Gasteiger partial charge >= 0.3 is 5.97 Å². The quantitative estimate of drug-likeness (QED) is 0.506. The summed E-state index contributed by atoms with van der Waals surface area (Å²) in [6.07, 6.45) is 0. The third-order valence-electron chi connectivity index (χ3n) is 5.11. The highest BCUT2D eigenvalue weighted by atomic mass is 35.5. The number of aromatic nitrogens is 1. The highest BCUT2D eigenvalue weighted by Gasteiger charge is 2.41. The van der Waals surface area contributed by atoms with E-state index in [9.17, 15) is 4.79 Å². The first-order valence-electron chi connectivity index (χ1n) is 9.53. The Labute approximate surface area is 170 Å². The van der Waals surface area contributed by atoms with Crippen molar-refractivity contribution in [1.82, 2.24) is 9.88 Å². The van der Waals surface area contributed by atoms with E-state index in [-0.39, 0.29) is 5.97 Å². The Hall–Kier alpha value is -2.37. The van der Waals surface area contributed by atoms with Gasteiger partial charge in [0.25, 0.3) is 0 Å². The number of esters is 1. The van der Waals surface area contributed by atoms with Crippen LogP contribution in [0.25, 0.3) is 22.6 Å². The maximum Gasteiger partial charge on any atom is 0.330 e. The van der Waals surface area contributed by atoms with E-state index < -0.39 is 5.54 Å². The molecular formula is C22H25ClN2O3. The molecule has 1 heterocycles. The van der Waals surface area contributed by atoms with Gasteiger partial charge in [-0.3, -0.25) is 4.90 Å². The highest BCUT2D eigenvalue weighted by molar-refractivity contribution is 6.30. The second kappa shape index (κ2) is 8.33. The molecule has 0 saturated carbocycles. The smallest absolute Gasteiger partial charge is 0.330 e. The van der Waals surface area contributed by atoms with Crippen molar-refractivity contribution in [3.05, 3.63) is 53.1 Å². The molecule has 0 aliphatic heterocycles. The Kier molecular flexibility index (Phi) is 6.06. The SMILES string of the molecule is CCOC(=O)C(C)(c1ccc2oc(-c3ccc(Cl)cc3)nc2c1)N(CC)CC. The molecule has 0 aliphatic carbocycles. The molecule has 0 amide bonds. The minimum Gasteiger partial charge on any atom is -0.464 e. The van der Waals surface area contributed by atoms with Gasteiger partial charge in [-0.25, -0.2) is 9.78 Å². The van der Waals surface area contributed by atoms with Crippen molar-refractivity contribution >= 4 is 28.7 Å². The van der Waals surface area contributed by atoms with Crippen molar-refractivity contribution in [2.45, 2.75) is 33.2 Å². The lowest BCUT2D eigenvalue weighted by atomic mass is 9.89. The normalized spacial score (nSPS) is 13.6. The fourth-order valence-corrected chi connectivity index (χ4v) is 3.63. The maximum absolute atomic E-state index is 12.9. The van der Waals surface area contributed by atoms with Crippen molar-refractivity contribution in [2.75, 3.05) is 19.7 Å². The number of carbonyl (C=O) groups is 1. The maximum atomic E-state index is 12.9. The van der Waals surface area contributed by atoms with Crippen LogP contribution in [-0.2, 0) is 15.1 Å². The molecule has 0 bridgehead atoms. The van der Waals surface area contributed by atoms with Gasteiger partial charge in [-0.15, -0.1) is 0 Å². The molecule has 3 rings (SSSR count). The molecule has 28 heavy (non-hydrogen) atoms. The molecule has 0 saturated heterocycles. The molecule has 0 spiro atoms. The van der Waals surface area contributed by atoms with Gasteiger partial charge in [-0.2, -0.15) is 0 Å². The Morgan fingerprint density at radius 1 is 1.14 bits per heavy atom. The van der Waals surface area contributed by atoms with Crippen LogP contribution >= 0.6 is 11.6 Å². The third-order valence-corrected chi connectivity index (χ3v) is 5.36. The van der Waals surface area contributed by atoms with E-state index >= 15 is 0 Å². The highest BCUT2D eigenvalue weighted by Crippen LogP contribution is 2.33. The first kappa shape index (κ1) is 20.4. The summed E-state index contributed by atoms with van der Waals surface area (Å²) < 4.78 is 11.3. The van der Waals surface area contributed by atoms with Crippen LogP contribution in [0.2, 0.25) is 5.02 Å². The third kappa shape index (κ3) is 3.64. The number of hydrogen-bond acceptors (Lipinski definition) is 5. The predicted octanol–water partition coefficient (Wildman–Crippen LogP) is 5.27. The van der Waals surface area contributed by atoms with Gasteiger partial charge in [0.2, 0.25) is 5.89 Å². The van der Waals surface area contributed by atoms with E-state index in [2.05, 4.69) is 9.88 Å². The van der Waals surface area contributed by atoms with Gasteiger partial charge in [0, 0.05) is 10.6 Å². The fraction of sp³-hybridized carbons (Fsp3) is 0.364. The lowest BCUT2D eigenvalue weighted by Gasteiger charge is -2.38. The predicted molar refractivity (Wildman–Crippen MR) is 111 cm³/mol. The van der Waals surface area contributed by atoms with Crippen molar-refractivity contribution in [3.63, 3.8) is 0 Å². The Bertz CT molecular complexity index is 964. The van der Waals surface area contributed by atoms with E-state index in [1.165, 1.54) is 0 Å². The van der Waals surface area contributed by atoms with Crippen molar-refractivity contribution < 1.29 is 13.9 Å². The van der Waals surface area contributed by atoms with E-state index in [4.69, 9.17) is 20.8 Å². The van der Waals surface area contributed by atoms with Gasteiger partial charge in [0.15, 0.2) is 5.58 Å². The zero-order valence-electron chi connectivity index (χ0n) is 16.7. The first-order valence-corrected chi connectivity index (χ1v) is 9.91. The van der Waals surface area contributed by atoms with Crippen LogP contribution in [0.15, 0.2) is 46.9 Å². The average molecular weight is 401 g/mol. The van der Waals surface area contributed by atoms with E-state index in [1.807, 2.05) is 58.0 Å². The van der Waals surface area contributed by atoms with E-state index in [0.717, 1.165) is 24.2 Å². The summed E-state index contributed by atoms with van der Waals surface area (Å²) in [4.78, 5) is 19.6. The summed E-state index contributed by atoms with van der Waals surface area (Å²) >= 11 is 5.96. The van der Waals surface area contributed by atoms with Gasteiger partial charge in [0.05, 0.1) is 6.61 Å². The molecule has 5 nitrogen and oxygen atoms in total. The molecule has 6 heteroatoms. The average Bonchev–Trinajstić information content (AvgIpc) is 3.12. The van der Waals surface area contributed by atoms with Gasteiger partial charge < -0.3 is 9.15 Å². The van der Waals surface area contributed by atoms with Crippen LogP contribution in [0.5, 0.6) is 0 Å². The van der Waals surface area contributed by atoms with Crippen molar-refractivity contribution in [2.24, 2.45) is 0 Å².